The van der Waals surface area contributed by atoms with Crippen LogP contribution in [0.15, 0.2) is 0 Å². The highest BCUT2D eigenvalue weighted by Gasteiger charge is 2.02. The summed E-state index contributed by atoms with van der Waals surface area (Å²) in [7, 11) is 0. The Morgan fingerprint density at radius 1 is 1.29 bits per heavy atom. The molecule has 2 N–H and O–H groups in total. The van der Waals surface area contributed by atoms with Crippen LogP contribution in [0.5, 0.6) is 0 Å². The molecule has 3 nitrogen and oxygen atoms in total. The Kier molecular flexibility index (Phi) is 2.19. The molecule has 0 saturated carbocycles. The maximum Gasteiger partial charge on any atom is 0.314 e. The Bertz CT molecular complexity index is 64.1. The Labute approximate surface area is 43.1 Å². The van der Waals surface area contributed by atoms with E-state index in [0.29, 0.717) is 0 Å². The first-order valence-corrected chi connectivity index (χ1v) is 1.91. The monoisotopic (exact) mass is 102 g/mol. The van der Waals surface area contributed by atoms with E-state index in [1.807, 2.05) is 0 Å². The van der Waals surface area contributed by atoms with Gasteiger partial charge in [0.1, 0.15) is 0 Å². The topological polar surface area (TPSA) is 41.1 Å². The number of hydrogen-bond acceptors (Lipinski definition) is 1. The van der Waals surface area contributed by atoms with E-state index in [-0.39, 0.29) is 13.5 Å². The summed E-state index contributed by atoms with van der Waals surface area (Å²) in [5.41, 5.74) is 0. The molecule has 0 aromatic heterocycles. The summed E-state index contributed by atoms with van der Waals surface area (Å²) in [5.74, 6) is 0. The standard InChI is InChI=1S/C3H6N2O.CH4/c6-3-4-1-2-5-3;/h1-2H2,(H2,4,5,6);1H4. The fourth-order valence-electron chi connectivity index (χ4n) is 0.415. The van der Waals surface area contributed by atoms with Crippen molar-refractivity contribution in [3.63, 3.8) is 0 Å². The number of rotatable bonds is 0. The van der Waals surface area contributed by atoms with E-state index in [9.17, 15) is 4.79 Å². The number of urea groups is 1. The van der Waals surface area contributed by atoms with Crippen molar-refractivity contribution in [2.24, 2.45) is 0 Å². The van der Waals surface area contributed by atoms with Gasteiger partial charge in [-0.25, -0.2) is 4.79 Å². The van der Waals surface area contributed by atoms with Crippen LogP contribution < -0.4 is 10.6 Å². The molecular formula is C4H10N2O. The van der Waals surface area contributed by atoms with Crippen molar-refractivity contribution in [2.75, 3.05) is 13.1 Å². The van der Waals surface area contributed by atoms with Crippen molar-refractivity contribution >= 4 is 6.03 Å². The fraction of sp³-hybridized carbons (Fsp3) is 0.750. The molecule has 0 bridgehead atoms. The van der Waals surface area contributed by atoms with E-state index >= 15 is 0 Å². The average molecular weight is 102 g/mol. The van der Waals surface area contributed by atoms with Crippen LogP contribution in [0.4, 0.5) is 4.79 Å². The van der Waals surface area contributed by atoms with E-state index in [4.69, 9.17) is 0 Å². The molecule has 0 spiro atoms. The molecule has 0 aromatic carbocycles. The van der Waals surface area contributed by atoms with Crippen LogP contribution in [-0.4, -0.2) is 19.1 Å². The smallest absolute Gasteiger partial charge is 0.314 e. The normalized spacial score (nSPS) is 16.9. The van der Waals surface area contributed by atoms with Crippen molar-refractivity contribution < 1.29 is 4.79 Å². The summed E-state index contributed by atoms with van der Waals surface area (Å²) < 4.78 is 0. The zero-order chi connectivity index (χ0) is 4.41. The summed E-state index contributed by atoms with van der Waals surface area (Å²) in [6, 6.07) is -0.0463. The van der Waals surface area contributed by atoms with Gasteiger partial charge in [0.05, 0.1) is 0 Å². The predicted octanol–water partition coefficient (Wildman–Crippen LogP) is -0.0647. The van der Waals surface area contributed by atoms with Crippen LogP contribution in [0.1, 0.15) is 7.43 Å². The maximum absolute atomic E-state index is 10.0. The molecule has 0 radical (unpaired) electrons. The quantitative estimate of drug-likeness (QED) is 0.442. The third-order valence-electron chi connectivity index (χ3n) is 0.696. The highest BCUT2D eigenvalue weighted by atomic mass is 16.2. The second-order valence-corrected chi connectivity index (χ2v) is 1.18. The van der Waals surface area contributed by atoms with Crippen molar-refractivity contribution in [1.82, 2.24) is 10.6 Å². The van der Waals surface area contributed by atoms with Gasteiger partial charge in [0.25, 0.3) is 0 Å². The average Bonchev–Trinajstić information content (AvgIpc) is 1.86. The SMILES string of the molecule is C.O=C1NCCN1. The lowest BCUT2D eigenvalue weighted by atomic mass is 10.7. The van der Waals surface area contributed by atoms with Gasteiger partial charge in [-0.1, -0.05) is 7.43 Å². The predicted molar refractivity (Wildman–Crippen MR) is 28.1 cm³/mol. The number of carbonyl (C=O) groups excluding carboxylic acids is 1. The van der Waals surface area contributed by atoms with Crippen LogP contribution in [0, 0.1) is 0 Å². The summed E-state index contributed by atoms with van der Waals surface area (Å²) >= 11 is 0. The first kappa shape index (κ1) is 6.27. The summed E-state index contributed by atoms with van der Waals surface area (Å²) in [4.78, 5) is 10.0. The number of nitrogens with one attached hydrogen (secondary N) is 2. The minimum absolute atomic E-state index is 0. The minimum atomic E-state index is -0.0463. The van der Waals surface area contributed by atoms with Crippen molar-refractivity contribution in [3.05, 3.63) is 0 Å². The molecule has 1 fully saturated rings. The molecule has 0 aromatic rings. The van der Waals surface area contributed by atoms with Gasteiger partial charge in [-0.2, -0.15) is 0 Å². The number of carbonyl (C=O) groups is 1. The second-order valence-electron chi connectivity index (χ2n) is 1.18. The van der Waals surface area contributed by atoms with Gasteiger partial charge in [-0.05, 0) is 0 Å². The summed E-state index contributed by atoms with van der Waals surface area (Å²) in [5, 5.41) is 5.14. The molecule has 0 aliphatic carbocycles. The van der Waals surface area contributed by atoms with E-state index < -0.39 is 0 Å². The van der Waals surface area contributed by atoms with Crippen LogP contribution in [0.2, 0.25) is 0 Å². The van der Waals surface area contributed by atoms with Gasteiger partial charge in [-0.15, -0.1) is 0 Å². The minimum Gasteiger partial charge on any atom is -0.336 e. The third-order valence-corrected chi connectivity index (χ3v) is 0.696. The Morgan fingerprint density at radius 3 is 1.86 bits per heavy atom. The second kappa shape index (κ2) is 2.44. The van der Waals surface area contributed by atoms with Crippen LogP contribution in [0.25, 0.3) is 0 Å². The fourth-order valence-corrected chi connectivity index (χ4v) is 0.415. The molecule has 1 aliphatic rings. The lowest BCUT2D eigenvalue weighted by Crippen LogP contribution is -2.20. The Morgan fingerprint density at radius 2 is 1.71 bits per heavy atom. The molecule has 0 atom stereocenters. The van der Waals surface area contributed by atoms with Crippen molar-refractivity contribution in [2.45, 2.75) is 7.43 Å². The molecular weight excluding hydrogens is 92.1 g/mol. The van der Waals surface area contributed by atoms with Crippen molar-refractivity contribution in [3.8, 4) is 0 Å². The van der Waals surface area contributed by atoms with Gasteiger partial charge in [-0.3, -0.25) is 0 Å². The van der Waals surface area contributed by atoms with E-state index in [0.717, 1.165) is 13.1 Å². The summed E-state index contributed by atoms with van der Waals surface area (Å²) in [6.45, 7) is 1.55. The summed E-state index contributed by atoms with van der Waals surface area (Å²) in [6.07, 6.45) is 0. The van der Waals surface area contributed by atoms with Crippen LogP contribution >= 0.6 is 0 Å². The molecule has 3 heteroatoms. The first-order chi connectivity index (χ1) is 2.89. The molecule has 1 aliphatic heterocycles. The molecule has 1 heterocycles. The van der Waals surface area contributed by atoms with Crippen molar-refractivity contribution in [1.29, 1.82) is 0 Å². The van der Waals surface area contributed by atoms with E-state index in [1.54, 1.807) is 0 Å². The molecule has 42 valence electrons. The third kappa shape index (κ3) is 1.43. The molecule has 0 unspecified atom stereocenters. The highest BCUT2D eigenvalue weighted by molar-refractivity contribution is 5.75. The Balaban J connectivity index is 0.000000360. The van der Waals surface area contributed by atoms with Crippen LogP contribution in [0.3, 0.4) is 0 Å². The van der Waals surface area contributed by atoms with Gasteiger partial charge in [0.15, 0.2) is 0 Å². The lowest BCUT2D eigenvalue weighted by molar-refractivity contribution is 0.248. The molecule has 2 amide bonds. The first-order valence-electron chi connectivity index (χ1n) is 1.91. The zero-order valence-corrected chi connectivity index (χ0v) is 3.32. The van der Waals surface area contributed by atoms with E-state index in [1.165, 1.54) is 0 Å². The van der Waals surface area contributed by atoms with Gasteiger partial charge in [0.2, 0.25) is 0 Å². The largest absolute Gasteiger partial charge is 0.336 e. The maximum atomic E-state index is 10.0. The molecule has 1 saturated heterocycles. The Hall–Kier alpha value is -0.730. The zero-order valence-electron chi connectivity index (χ0n) is 3.32. The van der Waals surface area contributed by atoms with Gasteiger partial charge >= 0.3 is 6.03 Å². The highest BCUT2D eigenvalue weighted by Crippen LogP contribution is 1.69. The molecule has 7 heavy (non-hydrogen) atoms. The van der Waals surface area contributed by atoms with Gasteiger partial charge in [0, 0.05) is 13.1 Å². The lowest BCUT2D eigenvalue weighted by Gasteiger charge is -1.80. The number of amides is 2. The van der Waals surface area contributed by atoms with Gasteiger partial charge < -0.3 is 10.6 Å². The number of hydrogen-bond donors (Lipinski definition) is 2. The molecule has 1 rings (SSSR count). The van der Waals surface area contributed by atoms with E-state index in [2.05, 4.69) is 10.6 Å². The van der Waals surface area contributed by atoms with Crippen LogP contribution in [-0.2, 0) is 0 Å².